The van der Waals surface area contributed by atoms with Gasteiger partial charge >= 0.3 is 0 Å². The van der Waals surface area contributed by atoms with Crippen molar-refractivity contribution in [2.45, 2.75) is 50.0 Å². The number of primary sulfonamides is 1. The Morgan fingerprint density at radius 2 is 2.19 bits per heavy atom. The van der Waals surface area contributed by atoms with Crippen LogP contribution in [-0.2, 0) is 17.1 Å². The van der Waals surface area contributed by atoms with Crippen molar-refractivity contribution in [3.05, 3.63) is 18.0 Å². The number of nitrogens with zero attached hydrogens (tertiary/aromatic N) is 1. The number of hydrogen-bond acceptors (Lipinski definition) is 3. The SMILES string of the molecule is CCC1CCCC(NC(=O)c2cc(S(N)(=O)=O)cn2C)C1. The molecule has 7 heteroatoms. The number of aryl methyl sites for hydroxylation is 1. The molecule has 118 valence electrons. The van der Waals surface area contributed by atoms with Gasteiger partial charge < -0.3 is 9.88 Å². The van der Waals surface area contributed by atoms with Crippen molar-refractivity contribution < 1.29 is 13.2 Å². The van der Waals surface area contributed by atoms with E-state index in [0.717, 1.165) is 25.7 Å². The molecule has 21 heavy (non-hydrogen) atoms. The molecule has 1 aliphatic rings. The average molecular weight is 313 g/mol. The minimum absolute atomic E-state index is 0.0368. The number of hydrogen-bond donors (Lipinski definition) is 2. The van der Waals surface area contributed by atoms with Crippen molar-refractivity contribution >= 4 is 15.9 Å². The molecule has 1 saturated carbocycles. The Balaban J connectivity index is 2.08. The zero-order valence-electron chi connectivity index (χ0n) is 12.5. The van der Waals surface area contributed by atoms with Gasteiger partial charge in [0.2, 0.25) is 10.0 Å². The molecule has 1 aliphatic carbocycles. The van der Waals surface area contributed by atoms with Crippen LogP contribution >= 0.6 is 0 Å². The summed E-state index contributed by atoms with van der Waals surface area (Å²) in [7, 11) is -2.15. The van der Waals surface area contributed by atoms with Gasteiger partial charge in [0.1, 0.15) is 10.6 Å². The van der Waals surface area contributed by atoms with E-state index < -0.39 is 10.0 Å². The number of amides is 1. The van der Waals surface area contributed by atoms with Crippen molar-refractivity contribution in [1.82, 2.24) is 9.88 Å². The summed E-state index contributed by atoms with van der Waals surface area (Å²) in [6, 6.07) is 1.49. The molecule has 0 aliphatic heterocycles. The maximum atomic E-state index is 12.3. The molecule has 1 fully saturated rings. The number of rotatable bonds is 4. The highest BCUT2D eigenvalue weighted by molar-refractivity contribution is 7.89. The standard InChI is InChI=1S/C14H23N3O3S/c1-3-10-5-4-6-11(7-10)16-14(18)13-8-12(9-17(13)2)21(15,19)20/h8-11H,3-7H2,1-2H3,(H,16,18)(H2,15,19,20). The van der Waals surface area contributed by atoms with E-state index in [1.165, 1.54) is 23.3 Å². The van der Waals surface area contributed by atoms with Gasteiger partial charge in [-0.2, -0.15) is 0 Å². The first-order valence-electron chi connectivity index (χ1n) is 7.31. The first-order chi connectivity index (χ1) is 9.81. The summed E-state index contributed by atoms with van der Waals surface area (Å²) in [5.74, 6) is 0.423. The Bertz CT molecular complexity index is 621. The molecule has 0 radical (unpaired) electrons. The van der Waals surface area contributed by atoms with E-state index in [1.807, 2.05) is 0 Å². The van der Waals surface area contributed by atoms with Crippen LogP contribution in [-0.4, -0.2) is 24.9 Å². The molecule has 0 aromatic carbocycles. The first kappa shape index (κ1) is 16.0. The molecule has 2 atom stereocenters. The van der Waals surface area contributed by atoms with E-state index in [1.54, 1.807) is 7.05 Å². The number of aromatic nitrogens is 1. The number of nitrogens with two attached hydrogens (primary N) is 1. The van der Waals surface area contributed by atoms with Crippen LogP contribution < -0.4 is 10.5 Å². The molecule has 0 saturated heterocycles. The summed E-state index contributed by atoms with van der Waals surface area (Å²) < 4.78 is 24.1. The molecule has 6 nitrogen and oxygen atoms in total. The second-order valence-electron chi connectivity index (χ2n) is 5.83. The fraction of sp³-hybridized carbons (Fsp3) is 0.643. The van der Waals surface area contributed by atoms with Gasteiger partial charge in [0.05, 0.1) is 0 Å². The predicted octanol–water partition coefficient (Wildman–Crippen LogP) is 1.37. The molecule has 1 heterocycles. The van der Waals surface area contributed by atoms with E-state index in [2.05, 4.69) is 12.2 Å². The summed E-state index contributed by atoms with van der Waals surface area (Å²) >= 11 is 0. The lowest BCUT2D eigenvalue weighted by Gasteiger charge is -2.29. The largest absolute Gasteiger partial charge is 0.348 e. The van der Waals surface area contributed by atoms with Crippen LogP contribution in [0, 0.1) is 5.92 Å². The molecular formula is C14H23N3O3S. The van der Waals surface area contributed by atoms with Gasteiger partial charge in [-0.15, -0.1) is 0 Å². The fourth-order valence-corrected chi connectivity index (χ4v) is 3.55. The van der Waals surface area contributed by atoms with E-state index in [4.69, 9.17) is 5.14 Å². The van der Waals surface area contributed by atoms with Crippen molar-refractivity contribution in [2.75, 3.05) is 0 Å². The topological polar surface area (TPSA) is 94.2 Å². The van der Waals surface area contributed by atoms with Gasteiger partial charge in [0, 0.05) is 19.3 Å². The first-order valence-corrected chi connectivity index (χ1v) is 8.86. The number of sulfonamides is 1. The van der Waals surface area contributed by atoms with Gasteiger partial charge in [-0.1, -0.05) is 26.2 Å². The van der Waals surface area contributed by atoms with Gasteiger partial charge in [0.15, 0.2) is 0 Å². The normalized spacial score (nSPS) is 23.0. The van der Waals surface area contributed by atoms with E-state index in [9.17, 15) is 13.2 Å². The Kier molecular flexibility index (Phi) is 4.73. The minimum atomic E-state index is -3.78. The summed E-state index contributed by atoms with van der Waals surface area (Å²) in [5.41, 5.74) is 0.317. The number of carbonyl (C=O) groups excluding carboxylic acids is 1. The van der Waals surface area contributed by atoms with Crippen molar-refractivity contribution in [3.8, 4) is 0 Å². The third kappa shape index (κ3) is 3.85. The van der Waals surface area contributed by atoms with Crippen molar-refractivity contribution in [2.24, 2.45) is 18.1 Å². The lowest BCUT2D eigenvalue weighted by Crippen LogP contribution is -2.39. The third-order valence-electron chi connectivity index (χ3n) is 4.24. The van der Waals surface area contributed by atoms with E-state index in [0.29, 0.717) is 11.6 Å². The molecule has 0 spiro atoms. The maximum Gasteiger partial charge on any atom is 0.268 e. The van der Waals surface area contributed by atoms with E-state index in [-0.39, 0.29) is 16.8 Å². The number of nitrogens with one attached hydrogen (secondary N) is 1. The van der Waals surface area contributed by atoms with Crippen LogP contribution in [0.4, 0.5) is 0 Å². The molecule has 1 amide bonds. The molecule has 1 aromatic heterocycles. The van der Waals surface area contributed by atoms with Crippen molar-refractivity contribution in [3.63, 3.8) is 0 Å². The highest BCUT2D eigenvalue weighted by Gasteiger charge is 2.24. The Morgan fingerprint density at radius 3 is 2.76 bits per heavy atom. The third-order valence-corrected chi connectivity index (χ3v) is 5.12. The van der Waals surface area contributed by atoms with Crippen LogP contribution in [0.5, 0.6) is 0 Å². The van der Waals surface area contributed by atoms with Gasteiger partial charge in [-0.25, -0.2) is 13.6 Å². The maximum absolute atomic E-state index is 12.3. The molecule has 2 unspecified atom stereocenters. The highest BCUT2D eigenvalue weighted by atomic mass is 32.2. The van der Waals surface area contributed by atoms with Crippen LogP contribution in [0.25, 0.3) is 0 Å². The van der Waals surface area contributed by atoms with Gasteiger partial charge in [-0.3, -0.25) is 4.79 Å². The van der Waals surface area contributed by atoms with Crippen molar-refractivity contribution in [1.29, 1.82) is 0 Å². The average Bonchev–Trinajstić information content (AvgIpc) is 2.81. The smallest absolute Gasteiger partial charge is 0.268 e. The highest BCUT2D eigenvalue weighted by Crippen LogP contribution is 2.26. The van der Waals surface area contributed by atoms with Gasteiger partial charge in [0.25, 0.3) is 5.91 Å². The lowest BCUT2D eigenvalue weighted by atomic mass is 9.84. The Labute approximate surface area is 125 Å². The monoisotopic (exact) mass is 313 g/mol. The van der Waals surface area contributed by atoms with Gasteiger partial charge in [-0.05, 0) is 24.8 Å². The molecule has 0 bridgehead atoms. The lowest BCUT2D eigenvalue weighted by molar-refractivity contribution is 0.0911. The van der Waals surface area contributed by atoms with Crippen LogP contribution in [0.3, 0.4) is 0 Å². The molecular weight excluding hydrogens is 290 g/mol. The zero-order valence-corrected chi connectivity index (χ0v) is 13.3. The molecule has 2 rings (SSSR count). The summed E-state index contributed by atoms with van der Waals surface area (Å²) in [5, 5.41) is 8.10. The van der Waals surface area contributed by atoms with Crippen LogP contribution in [0.2, 0.25) is 0 Å². The van der Waals surface area contributed by atoms with Crippen LogP contribution in [0.1, 0.15) is 49.5 Å². The molecule has 1 aromatic rings. The fourth-order valence-electron chi connectivity index (χ4n) is 2.97. The zero-order chi connectivity index (χ0) is 15.6. The molecule has 3 N–H and O–H groups in total. The predicted molar refractivity (Wildman–Crippen MR) is 80.3 cm³/mol. The summed E-state index contributed by atoms with van der Waals surface area (Å²) in [6.45, 7) is 2.17. The quantitative estimate of drug-likeness (QED) is 0.879. The number of carbonyl (C=O) groups is 1. The second-order valence-corrected chi connectivity index (χ2v) is 7.39. The summed E-state index contributed by atoms with van der Waals surface area (Å²) in [4.78, 5) is 12.3. The summed E-state index contributed by atoms with van der Waals surface area (Å²) in [6.07, 6.45) is 6.82. The Hall–Kier alpha value is -1.34. The Morgan fingerprint density at radius 1 is 1.48 bits per heavy atom. The van der Waals surface area contributed by atoms with Crippen LogP contribution in [0.15, 0.2) is 17.2 Å². The second kappa shape index (κ2) is 6.19. The van der Waals surface area contributed by atoms with E-state index >= 15 is 0 Å². The minimum Gasteiger partial charge on any atom is -0.348 e.